The van der Waals surface area contributed by atoms with E-state index in [0.29, 0.717) is 14.3 Å². The van der Waals surface area contributed by atoms with Crippen molar-refractivity contribution < 1.29 is 10.0 Å². The molecule has 0 fully saturated rings. The number of nitro groups is 1. The van der Waals surface area contributed by atoms with Crippen molar-refractivity contribution >= 4 is 28.8 Å². The van der Waals surface area contributed by atoms with Gasteiger partial charge in [0.25, 0.3) is 5.69 Å². The number of aliphatic hydroxyl groups is 1. The van der Waals surface area contributed by atoms with Gasteiger partial charge in [0.15, 0.2) is 0 Å². The van der Waals surface area contributed by atoms with E-state index in [9.17, 15) is 15.2 Å². The molecule has 84 valence electrons. The fraction of sp³-hybridized carbons (Fsp3) is 0.556. The number of thiophene rings is 1. The molecule has 1 heterocycles. The predicted molar refractivity (Wildman–Crippen MR) is 62.6 cm³/mol. The molecular weight excluding hydrogens is 234 g/mol. The van der Waals surface area contributed by atoms with E-state index in [2.05, 4.69) is 0 Å². The number of nitrogens with zero attached hydrogens (tertiary/aromatic N) is 1. The molecule has 15 heavy (non-hydrogen) atoms. The predicted octanol–water partition coefficient (Wildman–Crippen LogP) is 3.21. The van der Waals surface area contributed by atoms with Crippen LogP contribution < -0.4 is 0 Å². The molecule has 0 radical (unpaired) electrons. The summed E-state index contributed by atoms with van der Waals surface area (Å²) >= 11 is 2.75. The van der Waals surface area contributed by atoms with Crippen molar-refractivity contribution in [1.29, 1.82) is 0 Å². The molecule has 0 unspecified atom stereocenters. The molecule has 0 saturated carbocycles. The molecule has 1 atom stereocenters. The Kier molecular flexibility index (Phi) is 4.12. The van der Waals surface area contributed by atoms with Gasteiger partial charge in [-0.1, -0.05) is 13.8 Å². The first-order valence-corrected chi connectivity index (χ1v) is 6.24. The monoisotopic (exact) mass is 247 g/mol. The summed E-state index contributed by atoms with van der Waals surface area (Å²) in [4.78, 5) is 11.0. The summed E-state index contributed by atoms with van der Waals surface area (Å²) < 4.78 is 0.672. The van der Waals surface area contributed by atoms with Gasteiger partial charge in [-0.3, -0.25) is 10.1 Å². The van der Waals surface area contributed by atoms with E-state index in [-0.39, 0.29) is 5.69 Å². The Morgan fingerprint density at radius 3 is 2.53 bits per heavy atom. The number of hydrogen-bond donors (Lipinski definition) is 1. The van der Waals surface area contributed by atoms with Gasteiger partial charge < -0.3 is 5.11 Å². The molecule has 0 aliphatic heterocycles. The molecule has 1 N–H and O–H groups in total. The highest BCUT2D eigenvalue weighted by molar-refractivity contribution is 8.01. The van der Waals surface area contributed by atoms with E-state index in [4.69, 9.17) is 0 Å². The summed E-state index contributed by atoms with van der Waals surface area (Å²) in [6.07, 6.45) is -0.643. The number of hydrogen-bond acceptors (Lipinski definition) is 5. The maximum absolute atomic E-state index is 10.8. The largest absolute Gasteiger partial charge is 0.388 e. The van der Waals surface area contributed by atoms with Crippen LogP contribution >= 0.6 is 23.1 Å². The Bertz CT molecular complexity index is 360. The Balaban J connectivity index is 3.06. The van der Waals surface area contributed by atoms with Gasteiger partial charge in [0.2, 0.25) is 0 Å². The molecule has 0 aromatic carbocycles. The lowest BCUT2D eigenvalue weighted by atomic mass is 10.3. The van der Waals surface area contributed by atoms with Crippen molar-refractivity contribution in [2.24, 2.45) is 0 Å². The van der Waals surface area contributed by atoms with Gasteiger partial charge in [0.05, 0.1) is 11.0 Å². The molecule has 6 heteroatoms. The van der Waals surface area contributed by atoms with Crippen molar-refractivity contribution in [2.75, 3.05) is 0 Å². The zero-order chi connectivity index (χ0) is 11.6. The van der Waals surface area contributed by atoms with Gasteiger partial charge in [0.1, 0.15) is 4.21 Å². The zero-order valence-electron chi connectivity index (χ0n) is 8.76. The minimum Gasteiger partial charge on any atom is -0.388 e. The van der Waals surface area contributed by atoms with E-state index in [1.807, 2.05) is 13.8 Å². The molecule has 4 nitrogen and oxygen atoms in total. The summed E-state index contributed by atoms with van der Waals surface area (Å²) in [6.45, 7) is 5.58. The van der Waals surface area contributed by atoms with Gasteiger partial charge in [-0.15, -0.1) is 23.1 Å². The maximum Gasteiger partial charge on any atom is 0.294 e. The molecule has 1 rings (SSSR count). The molecule has 0 saturated heterocycles. The summed E-state index contributed by atoms with van der Waals surface area (Å²) in [5.74, 6) is 0. The quantitative estimate of drug-likeness (QED) is 0.504. The molecular formula is C9H13NO3S2. The van der Waals surface area contributed by atoms with Gasteiger partial charge in [-0.05, 0) is 6.92 Å². The second-order valence-electron chi connectivity index (χ2n) is 3.42. The summed E-state index contributed by atoms with van der Waals surface area (Å²) in [5, 5.41) is 20.4. The number of thioether (sulfide) groups is 1. The average molecular weight is 247 g/mol. The highest BCUT2D eigenvalue weighted by atomic mass is 32.2. The Morgan fingerprint density at radius 2 is 2.13 bits per heavy atom. The second-order valence-corrected chi connectivity index (χ2v) is 6.35. The van der Waals surface area contributed by atoms with Crippen LogP contribution in [-0.2, 0) is 0 Å². The normalized spacial score (nSPS) is 13.1. The van der Waals surface area contributed by atoms with E-state index >= 15 is 0 Å². The molecule has 1 aromatic heterocycles. The molecule has 0 aliphatic carbocycles. The van der Waals surface area contributed by atoms with Crippen LogP contribution in [0.5, 0.6) is 0 Å². The molecule has 0 amide bonds. The van der Waals surface area contributed by atoms with Crippen molar-refractivity contribution in [2.45, 2.75) is 36.3 Å². The zero-order valence-corrected chi connectivity index (χ0v) is 10.4. The van der Waals surface area contributed by atoms with E-state index in [0.717, 1.165) is 0 Å². The second kappa shape index (κ2) is 4.96. The Labute approximate surface area is 96.5 Å². The Morgan fingerprint density at radius 1 is 1.53 bits per heavy atom. The summed E-state index contributed by atoms with van der Waals surface area (Å²) in [6, 6.07) is 1.46. The minimum atomic E-state index is -0.643. The highest BCUT2D eigenvalue weighted by Crippen LogP contribution is 2.41. The maximum atomic E-state index is 10.8. The molecule has 1 aromatic rings. The lowest BCUT2D eigenvalue weighted by molar-refractivity contribution is -0.387. The number of rotatable bonds is 4. The average Bonchev–Trinajstić information content (AvgIpc) is 2.46. The van der Waals surface area contributed by atoms with Crippen LogP contribution in [0.15, 0.2) is 10.3 Å². The SMILES string of the molecule is CC(C)Sc1sc([C@@H](C)O)cc1[N+](=O)[O-]. The van der Waals surface area contributed by atoms with Crippen LogP contribution in [-0.4, -0.2) is 15.3 Å². The van der Waals surface area contributed by atoms with Gasteiger partial charge in [-0.2, -0.15) is 0 Å². The van der Waals surface area contributed by atoms with E-state index in [1.54, 1.807) is 6.92 Å². The van der Waals surface area contributed by atoms with Crippen LogP contribution in [0.2, 0.25) is 0 Å². The smallest absolute Gasteiger partial charge is 0.294 e. The van der Waals surface area contributed by atoms with Crippen molar-refractivity contribution in [3.8, 4) is 0 Å². The van der Waals surface area contributed by atoms with Crippen LogP contribution in [0.4, 0.5) is 5.69 Å². The standard InChI is InChI=1S/C9H13NO3S2/c1-5(2)14-9-7(10(12)13)4-8(15-9)6(3)11/h4-6,11H,1-3H3/t6-/m1/s1. The third kappa shape index (κ3) is 3.19. The lowest BCUT2D eigenvalue weighted by Gasteiger charge is -2.00. The lowest BCUT2D eigenvalue weighted by Crippen LogP contribution is -1.89. The van der Waals surface area contributed by atoms with Crippen LogP contribution in [0, 0.1) is 10.1 Å². The Hall–Kier alpha value is -0.590. The first-order valence-electron chi connectivity index (χ1n) is 4.54. The van der Waals surface area contributed by atoms with Gasteiger partial charge in [0, 0.05) is 16.2 Å². The van der Waals surface area contributed by atoms with Crippen molar-refractivity contribution in [1.82, 2.24) is 0 Å². The number of aliphatic hydroxyl groups excluding tert-OH is 1. The van der Waals surface area contributed by atoms with Gasteiger partial charge in [-0.25, -0.2) is 0 Å². The van der Waals surface area contributed by atoms with E-state index in [1.165, 1.54) is 29.2 Å². The van der Waals surface area contributed by atoms with Crippen molar-refractivity contribution in [3.05, 3.63) is 21.1 Å². The fourth-order valence-electron chi connectivity index (χ4n) is 1.01. The van der Waals surface area contributed by atoms with E-state index < -0.39 is 11.0 Å². The van der Waals surface area contributed by atoms with Crippen LogP contribution in [0.25, 0.3) is 0 Å². The third-order valence-corrected chi connectivity index (χ3v) is 4.17. The highest BCUT2D eigenvalue weighted by Gasteiger charge is 2.21. The summed E-state index contributed by atoms with van der Waals surface area (Å²) in [7, 11) is 0. The summed E-state index contributed by atoms with van der Waals surface area (Å²) in [5.41, 5.74) is 0.106. The van der Waals surface area contributed by atoms with Crippen LogP contribution in [0.1, 0.15) is 31.8 Å². The van der Waals surface area contributed by atoms with Crippen molar-refractivity contribution in [3.63, 3.8) is 0 Å². The topological polar surface area (TPSA) is 63.4 Å². The third-order valence-electron chi connectivity index (χ3n) is 1.65. The molecule has 0 spiro atoms. The first-order chi connectivity index (χ1) is 6.91. The minimum absolute atomic E-state index is 0.106. The molecule has 0 aliphatic rings. The fourth-order valence-corrected chi connectivity index (χ4v) is 3.55. The van der Waals surface area contributed by atoms with Crippen LogP contribution in [0.3, 0.4) is 0 Å². The first kappa shape index (κ1) is 12.5. The molecule has 0 bridgehead atoms. The van der Waals surface area contributed by atoms with Gasteiger partial charge >= 0.3 is 0 Å².